The fourth-order valence-corrected chi connectivity index (χ4v) is 3.69. The van der Waals surface area contributed by atoms with Crippen molar-refractivity contribution in [2.24, 2.45) is 5.92 Å². The second kappa shape index (κ2) is 9.87. The predicted octanol–water partition coefficient (Wildman–Crippen LogP) is 2.69. The van der Waals surface area contributed by atoms with Gasteiger partial charge >= 0.3 is 5.97 Å². The first-order valence-electron chi connectivity index (χ1n) is 9.93. The number of hydrogen-bond donors (Lipinski definition) is 1. The quantitative estimate of drug-likeness (QED) is 0.783. The van der Waals surface area contributed by atoms with Crippen LogP contribution in [0.15, 0.2) is 60.7 Å². The van der Waals surface area contributed by atoms with Gasteiger partial charge in [-0.3, -0.25) is 14.4 Å². The van der Waals surface area contributed by atoms with E-state index in [1.807, 2.05) is 48.5 Å². The monoisotopic (exact) mass is 394 g/mol. The Labute approximate surface area is 170 Å². The lowest BCUT2D eigenvalue weighted by Gasteiger charge is -2.34. The molecule has 2 aromatic carbocycles. The number of rotatable bonds is 7. The molecule has 1 fully saturated rings. The summed E-state index contributed by atoms with van der Waals surface area (Å²) in [5, 5.41) is 9.22. The number of nitrogens with zero attached hydrogens (tertiary/aromatic N) is 2. The fourth-order valence-electron chi connectivity index (χ4n) is 3.69. The van der Waals surface area contributed by atoms with Crippen molar-refractivity contribution in [2.75, 3.05) is 26.2 Å². The van der Waals surface area contributed by atoms with Crippen LogP contribution in [0.25, 0.3) is 0 Å². The molecule has 2 aromatic rings. The van der Waals surface area contributed by atoms with Gasteiger partial charge in [0.1, 0.15) is 6.54 Å². The molecule has 29 heavy (non-hydrogen) atoms. The van der Waals surface area contributed by atoms with Crippen LogP contribution in [0.3, 0.4) is 0 Å². The number of likely N-dealkylation sites (tertiary alicyclic amines) is 1. The van der Waals surface area contributed by atoms with Crippen molar-refractivity contribution < 1.29 is 19.5 Å². The number of carbonyl (C=O) groups is 3. The smallest absolute Gasteiger partial charge is 0.323 e. The van der Waals surface area contributed by atoms with Crippen molar-refractivity contribution in [3.8, 4) is 0 Å². The van der Waals surface area contributed by atoms with Crippen molar-refractivity contribution >= 4 is 17.8 Å². The van der Waals surface area contributed by atoms with E-state index in [1.54, 1.807) is 17.0 Å². The van der Waals surface area contributed by atoms with Crippen LogP contribution in [-0.2, 0) is 16.0 Å². The van der Waals surface area contributed by atoms with Gasteiger partial charge in [0, 0.05) is 31.1 Å². The van der Waals surface area contributed by atoms with Crippen LogP contribution in [0.5, 0.6) is 0 Å². The van der Waals surface area contributed by atoms with E-state index in [9.17, 15) is 19.5 Å². The van der Waals surface area contributed by atoms with Crippen LogP contribution < -0.4 is 0 Å². The van der Waals surface area contributed by atoms with E-state index in [4.69, 9.17) is 0 Å². The standard InChI is InChI=1S/C23H26N2O4/c26-21(27)17-25(14-11-18-7-3-1-4-8-18)23(29)20-12-15-24(16-13-20)22(28)19-9-5-2-6-10-19/h1-10,20H,11-17H2,(H,26,27). The maximum Gasteiger partial charge on any atom is 0.323 e. The van der Waals surface area contributed by atoms with Gasteiger partial charge in [-0.25, -0.2) is 0 Å². The topological polar surface area (TPSA) is 77.9 Å². The molecule has 0 saturated carbocycles. The Morgan fingerprint density at radius 3 is 2.10 bits per heavy atom. The Kier molecular flexibility index (Phi) is 7.00. The molecule has 0 atom stereocenters. The van der Waals surface area contributed by atoms with Gasteiger partial charge < -0.3 is 14.9 Å². The molecule has 0 bridgehead atoms. The van der Waals surface area contributed by atoms with E-state index in [0.717, 1.165) is 5.56 Å². The number of carboxylic acids is 1. The average molecular weight is 394 g/mol. The Morgan fingerprint density at radius 1 is 0.931 bits per heavy atom. The average Bonchev–Trinajstić information content (AvgIpc) is 2.77. The largest absolute Gasteiger partial charge is 0.480 e. The Bertz CT molecular complexity index is 830. The zero-order valence-electron chi connectivity index (χ0n) is 16.4. The van der Waals surface area contributed by atoms with Crippen molar-refractivity contribution in [2.45, 2.75) is 19.3 Å². The molecule has 0 unspecified atom stereocenters. The first kappa shape index (κ1) is 20.6. The van der Waals surface area contributed by atoms with Crippen LogP contribution >= 0.6 is 0 Å². The summed E-state index contributed by atoms with van der Waals surface area (Å²) < 4.78 is 0. The minimum Gasteiger partial charge on any atom is -0.480 e. The van der Waals surface area contributed by atoms with Gasteiger partial charge in [-0.1, -0.05) is 48.5 Å². The Hall–Kier alpha value is -3.15. The summed E-state index contributed by atoms with van der Waals surface area (Å²) in [6, 6.07) is 18.8. The molecule has 6 heteroatoms. The SMILES string of the molecule is O=C(O)CN(CCc1ccccc1)C(=O)C1CCN(C(=O)c2ccccc2)CC1. The Morgan fingerprint density at radius 2 is 1.52 bits per heavy atom. The van der Waals surface area contributed by atoms with E-state index in [-0.39, 0.29) is 24.3 Å². The number of hydrogen-bond acceptors (Lipinski definition) is 3. The molecule has 1 saturated heterocycles. The highest BCUT2D eigenvalue weighted by atomic mass is 16.4. The minimum absolute atomic E-state index is 0.0250. The first-order chi connectivity index (χ1) is 14.0. The van der Waals surface area contributed by atoms with E-state index in [1.165, 1.54) is 4.90 Å². The number of piperidine rings is 1. The van der Waals surface area contributed by atoms with Gasteiger partial charge in [0.25, 0.3) is 5.91 Å². The molecule has 6 nitrogen and oxygen atoms in total. The summed E-state index contributed by atoms with van der Waals surface area (Å²) in [7, 11) is 0. The Balaban J connectivity index is 1.57. The summed E-state index contributed by atoms with van der Waals surface area (Å²) in [4.78, 5) is 40.0. The van der Waals surface area contributed by atoms with E-state index >= 15 is 0 Å². The molecule has 0 aromatic heterocycles. The second-order valence-corrected chi connectivity index (χ2v) is 7.32. The van der Waals surface area contributed by atoms with Crippen LogP contribution in [0, 0.1) is 5.92 Å². The fraction of sp³-hybridized carbons (Fsp3) is 0.348. The summed E-state index contributed by atoms with van der Waals surface area (Å²) in [5.74, 6) is -1.41. The summed E-state index contributed by atoms with van der Waals surface area (Å²) in [6.07, 6.45) is 1.73. The second-order valence-electron chi connectivity index (χ2n) is 7.32. The van der Waals surface area contributed by atoms with E-state index in [2.05, 4.69) is 0 Å². The number of aliphatic carboxylic acids is 1. The molecule has 0 radical (unpaired) electrons. The normalized spacial score (nSPS) is 14.4. The lowest BCUT2D eigenvalue weighted by molar-refractivity contribution is -0.147. The molecular weight excluding hydrogens is 368 g/mol. The summed E-state index contributed by atoms with van der Waals surface area (Å²) >= 11 is 0. The minimum atomic E-state index is -1.01. The lowest BCUT2D eigenvalue weighted by atomic mass is 9.94. The lowest BCUT2D eigenvalue weighted by Crippen LogP contribution is -2.46. The number of amides is 2. The molecule has 1 N–H and O–H groups in total. The van der Waals surface area contributed by atoms with Gasteiger partial charge in [-0.2, -0.15) is 0 Å². The summed E-state index contributed by atoms with van der Waals surface area (Å²) in [6.45, 7) is 1.08. The van der Waals surface area contributed by atoms with E-state index < -0.39 is 5.97 Å². The maximum absolute atomic E-state index is 13.0. The molecule has 152 valence electrons. The third-order valence-corrected chi connectivity index (χ3v) is 5.30. The molecule has 1 heterocycles. The molecule has 1 aliphatic heterocycles. The number of carboxylic acid groups (broad SMARTS) is 1. The van der Waals surface area contributed by atoms with Gasteiger partial charge in [0.2, 0.25) is 5.91 Å². The van der Waals surface area contributed by atoms with Gasteiger partial charge in [0.05, 0.1) is 0 Å². The number of carbonyl (C=O) groups excluding carboxylic acids is 2. The third kappa shape index (κ3) is 5.67. The highest BCUT2D eigenvalue weighted by Crippen LogP contribution is 2.21. The van der Waals surface area contributed by atoms with Crippen LogP contribution in [0.2, 0.25) is 0 Å². The van der Waals surface area contributed by atoms with Crippen LogP contribution in [-0.4, -0.2) is 58.9 Å². The third-order valence-electron chi connectivity index (χ3n) is 5.30. The van der Waals surface area contributed by atoms with Gasteiger partial charge in [-0.05, 0) is 37.0 Å². The van der Waals surface area contributed by atoms with Gasteiger partial charge in [-0.15, -0.1) is 0 Å². The predicted molar refractivity (Wildman–Crippen MR) is 109 cm³/mol. The highest BCUT2D eigenvalue weighted by Gasteiger charge is 2.31. The van der Waals surface area contributed by atoms with Crippen molar-refractivity contribution in [1.82, 2.24) is 9.80 Å². The van der Waals surface area contributed by atoms with Crippen molar-refractivity contribution in [3.63, 3.8) is 0 Å². The molecule has 1 aliphatic rings. The molecule has 3 rings (SSSR count). The van der Waals surface area contributed by atoms with Crippen molar-refractivity contribution in [3.05, 3.63) is 71.8 Å². The summed E-state index contributed by atoms with van der Waals surface area (Å²) in [5.41, 5.74) is 1.71. The molecule has 2 amide bonds. The molecule has 0 spiro atoms. The number of benzene rings is 2. The van der Waals surface area contributed by atoms with E-state index in [0.29, 0.717) is 44.5 Å². The zero-order chi connectivity index (χ0) is 20.6. The van der Waals surface area contributed by atoms with Crippen LogP contribution in [0.1, 0.15) is 28.8 Å². The maximum atomic E-state index is 13.0. The first-order valence-corrected chi connectivity index (χ1v) is 9.93. The zero-order valence-corrected chi connectivity index (χ0v) is 16.4. The van der Waals surface area contributed by atoms with Gasteiger partial charge in [0.15, 0.2) is 0 Å². The van der Waals surface area contributed by atoms with Crippen molar-refractivity contribution in [1.29, 1.82) is 0 Å². The highest BCUT2D eigenvalue weighted by molar-refractivity contribution is 5.94. The molecule has 0 aliphatic carbocycles. The van der Waals surface area contributed by atoms with Crippen LogP contribution in [0.4, 0.5) is 0 Å². The molecular formula is C23H26N2O4.